The van der Waals surface area contributed by atoms with Crippen molar-refractivity contribution in [3.8, 4) is 17.4 Å². The summed E-state index contributed by atoms with van der Waals surface area (Å²) in [6.45, 7) is 4.13. The predicted octanol–water partition coefficient (Wildman–Crippen LogP) is 2.87. The largest absolute Gasteiger partial charge is 0.483 e. The number of rotatable bonds is 3. The fraction of sp³-hybridized carbons (Fsp3) is 0.267. The first kappa shape index (κ1) is 12.7. The molecule has 0 fully saturated rings. The molecular formula is C15H17N3O2. The van der Waals surface area contributed by atoms with Crippen LogP contribution in [0.1, 0.15) is 19.4 Å². The first-order valence-electron chi connectivity index (χ1n) is 6.50. The van der Waals surface area contributed by atoms with E-state index in [1.807, 2.05) is 18.2 Å². The minimum Gasteiger partial charge on any atom is -0.483 e. The summed E-state index contributed by atoms with van der Waals surface area (Å²) in [5.74, 6) is 7.84. The number of para-hydroxylation sites is 1. The van der Waals surface area contributed by atoms with Crippen molar-refractivity contribution in [3.05, 3.63) is 42.0 Å². The zero-order valence-corrected chi connectivity index (χ0v) is 11.5. The highest BCUT2D eigenvalue weighted by molar-refractivity contribution is 5.51. The van der Waals surface area contributed by atoms with E-state index in [0.717, 1.165) is 17.7 Å². The lowest BCUT2D eigenvalue weighted by molar-refractivity contribution is 0.135. The molecule has 5 nitrogen and oxygen atoms in total. The quantitative estimate of drug-likeness (QED) is 0.663. The van der Waals surface area contributed by atoms with Crippen LogP contribution in [0.2, 0.25) is 0 Å². The van der Waals surface area contributed by atoms with Gasteiger partial charge in [-0.05, 0) is 26.0 Å². The van der Waals surface area contributed by atoms with Gasteiger partial charge in [0.25, 0.3) is 0 Å². The molecule has 20 heavy (non-hydrogen) atoms. The molecule has 3 rings (SSSR count). The maximum absolute atomic E-state index is 5.96. The zero-order chi connectivity index (χ0) is 14.2. The van der Waals surface area contributed by atoms with E-state index in [-0.39, 0.29) is 5.60 Å². The number of nitrogens with one attached hydrogen (secondary N) is 1. The third kappa shape index (κ3) is 2.40. The Balaban J connectivity index is 1.91. The molecule has 2 aromatic rings. The fourth-order valence-electron chi connectivity index (χ4n) is 2.33. The van der Waals surface area contributed by atoms with Crippen LogP contribution in [-0.2, 0) is 6.42 Å². The smallest absolute Gasteiger partial charge is 0.221 e. The van der Waals surface area contributed by atoms with Gasteiger partial charge < -0.3 is 14.9 Å². The summed E-state index contributed by atoms with van der Waals surface area (Å²) in [6.07, 6.45) is 0.872. The maximum atomic E-state index is 5.96. The number of nitrogens with two attached hydrogens (primary N) is 1. The molecule has 1 aromatic carbocycles. The lowest BCUT2D eigenvalue weighted by Crippen LogP contribution is -2.24. The van der Waals surface area contributed by atoms with E-state index in [4.69, 9.17) is 15.3 Å². The summed E-state index contributed by atoms with van der Waals surface area (Å²) >= 11 is 0. The van der Waals surface area contributed by atoms with E-state index in [9.17, 15) is 0 Å². The third-order valence-corrected chi connectivity index (χ3v) is 3.14. The highest BCUT2D eigenvalue weighted by Gasteiger charge is 2.32. The van der Waals surface area contributed by atoms with Gasteiger partial charge in [0.1, 0.15) is 11.4 Å². The van der Waals surface area contributed by atoms with Gasteiger partial charge >= 0.3 is 0 Å². The molecule has 0 bridgehead atoms. The molecule has 5 heteroatoms. The Bertz CT molecular complexity index is 641. The first-order valence-corrected chi connectivity index (χ1v) is 6.50. The van der Waals surface area contributed by atoms with Crippen molar-refractivity contribution in [2.75, 3.05) is 5.43 Å². The number of hydrazine groups is 1. The molecular weight excluding hydrogens is 254 g/mol. The summed E-state index contributed by atoms with van der Waals surface area (Å²) in [7, 11) is 0. The lowest BCUT2D eigenvalue weighted by atomic mass is 10.0. The van der Waals surface area contributed by atoms with Crippen LogP contribution >= 0.6 is 0 Å². The SMILES string of the molecule is CC1(C)Cc2cccc(Oc3cccc(NN)n3)c2O1. The molecule has 1 aliphatic rings. The van der Waals surface area contributed by atoms with Crippen LogP contribution in [0.25, 0.3) is 0 Å². The van der Waals surface area contributed by atoms with E-state index in [0.29, 0.717) is 17.4 Å². The second-order valence-electron chi connectivity index (χ2n) is 5.39. The van der Waals surface area contributed by atoms with Gasteiger partial charge in [-0.25, -0.2) is 5.84 Å². The maximum Gasteiger partial charge on any atom is 0.221 e. The topological polar surface area (TPSA) is 69.4 Å². The van der Waals surface area contributed by atoms with E-state index < -0.39 is 0 Å². The summed E-state index contributed by atoms with van der Waals surface area (Å²) in [4.78, 5) is 4.23. The van der Waals surface area contributed by atoms with Crippen LogP contribution in [0, 0.1) is 0 Å². The Morgan fingerprint density at radius 3 is 2.85 bits per heavy atom. The van der Waals surface area contributed by atoms with Gasteiger partial charge in [-0.1, -0.05) is 18.2 Å². The van der Waals surface area contributed by atoms with Crippen molar-refractivity contribution in [2.45, 2.75) is 25.9 Å². The van der Waals surface area contributed by atoms with Crippen molar-refractivity contribution in [1.82, 2.24) is 4.98 Å². The van der Waals surface area contributed by atoms with Crippen molar-refractivity contribution < 1.29 is 9.47 Å². The molecule has 104 valence electrons. The lowest BCUT2D eigenvalue weighted by Gasteiger charge is -2.18. The zero-order valence-electron chi connectivity index (χ0n) is 11.5. The molecule has 3 N–H and O–H groups in total. The Morgan fingerprint density at radius 2 is 2.05 bits per heavy atom. The van der Waals surface area contributed by atoms with Gasteiger partial charge in [0.2, 0.25) is 5.88 Å². The number of hydrogen-bond acceptors (Lipinski definition) is 5. The van der Waals surface area contributed by atoms with Gasteiger partial charge in [-0.15, -0.1) is 0 Å². The number of anilines is 1. The third-order valence-electron chi connectivity index (χ3n) is 3.14. The summed E-state index contributed by atoms with van der Waals surface area (Å²) in [5, 5.41) is 0. The van der Waals surface area contributed by atoms with E-state index in [1.165, 1.54) is 0 Å². The molecule has 0 aliphatic carbocycles. The number of aromatic nitrogens is 1. The fourth-order valence-corrected chi connectivity index (χ4v) is 2.33. The minimum absolute atomic E-state index is 0.199. The van der Waals surface area contributed by atoms with Gasteiger partial charge in [0, 0.05) is 18.1 Å². The van der Waals surface area contributed by atoms with Crippen LogP contribution in [0.3, 0.4) is 0 Å². The number of hydrogen-bond donors (Lipinski definition) is 2. The van der Waals surface area contributed by atoms with Crippen molar-refractivity contribution >= 4 is 5.82 Å². The summed E-state index contributed by atoms with van der Waals surface area (Å²) in [5.41, 5.74) is 3.45. The molecule has 0 amide bonds. The molecule has 0 spiro atoms. The van der Waals surface area contributed by atoms with Crippen LogP contribution < -0.4 is 20.7 Å². The van der Waals surface area contributed by atoms with Crippen molar-refractivity contribution in [3.63, 3.8) is 0 Å². The van der Waals surface area contributed by atoms with E-state index in [1.54, 1.807) is 12.1 Å². The molecule has 1 aromatic heterocycles. The number of nitrogens with zero attached hydrogens (tertiary/aromatic N) is 1. The van der Waals surface area contributed by atoms with Crippen LogP contribution in [0.4, 0.5) is 5.82 Å². The average molecular weight is 271 g/mol. The Kier molecular flexibility index (Phi) is 2.99. The predicted molar refractivity (Wildman–Crippen MR) is 77.0 cm³/mol. The second-order valence-corrected chi connectivity index (χ2v) is 5.39. The summed E-state index contributed by atoms with van der Waals surface area (Å²) in [6, 6.07) is 11.3. The van der Waals surface area contributed by atoms with Crippen LogP contribution in [0.5, 0.6) is 17.4 Å². The van der Waals surface area contributed by atoms with E-state index >= 15 is 0 Å². The molecule has 0 saturated carbocycles. The highest BCUT2D eigenvalue weighted by Crippen LogP contribution is 2.43. The highest BCUT2D eigenvalue weighted by atomic mass is 16.5. The number of nitrogen functional groups attached to an aromatic ring is 1. The van der Waals surface area contributed by atoms with Crippen molar-refractivity contribution in [2.24, 2.45) is 5.84 Å². The Labute approximate surface area is 117 Å². The average Bonchev–Trinajstić information content (AvgIpc) is 2.74. The number of pyridine rings is 1. The monoisotopic (exact) mass is 271 g/mol. The standard InChI is InChI=1S/C15H17N3O2/c1-15(2)9-10-5-3-6-11(14(10)20-15)19-13-8-4-7-12(17-13)18-16/h3-8H,9,16H2,1-2H3,(H,17,18). The van der Waals surface area contributed by atoms with Crippen molar-refractivity contribution in [1.29, 1.82) is 0 Å². The molecule has 0 unspecified atom stereocenters. The van der Waals surface area contributed by atoms with Gasteiger partial charge in [-0.2, -0.15) is 4.98 Å². The molecule has 0 radical (unpaired) electrons. The van der Waals surface area contributed by atoms with Crippen LogP contribution in [-0.4, -0.2) is 10.6 Å². The van der Waals surface area contributed by atoms with Crippen LogP contribution in [0.15, 0.2) is 36.4 Å². The first-order chi connectivity index (χ1) is 9.57. The van der Waals surface area contributed by atoms with E-state index in [2.05, 4.69) is 30.3 Å². The molecule has 1 aliphatic heterocycles. The second kappa shape index (κ2) is 4.68. The number of benzene rings is 1. The minimum atomic E-state index is -0.199. The molecule has 0 atom stereocenters. The summed E-state index contributed by atoms with van der Waals surface area (Å²) < 4.78 is 11.8. The van der Waals surface area contributed by atoms with Gasteiger partial charge in [0.05, 0.1) is 0 Å². The number of ether oxygens (including phenoxy) is 2. The van der Waals surface area contributed by atoms with Gasteiger partial charge in [-0.3, -0.25) is 0 Å². The Hall–Kier alpha value is -2.27. The normalized spacial score (nSPS) is 15.3. The number of fused-ring (bicyclic) bond motifs is 1. The molecule has 2 heterocycles. The Morgan fingerprint density at radius 1 is 1.25 bits per heavy atom. The van der Waals surface area contributed by atoms with Gasteiger partial charge in [0.15, 0.2) is 11.5 Å². The molecule has 0 saturated heterocycles.